The Morgan fingerprint density at radius 3 is 2.64 bits per heavy atom. The van der Waals surface area contributed by atoms with Crippen molar-refractivity contribution in [3.05, 3.63) is 77.1 Å². The number of amides is 1. The quantitative estimate of drug-likeness (QED) is 0.0452. The number of nitrogen functional groups attached to an aromatic ring is 1. The van der Waals surface area contributed by atoms with Crippen LogP contribution in [0, 0.1) is 35.0 Å². The monoisotopic (exact) mass is 482 g/mol. The van der Waals surface area contributed by atoms with Crippen molar-refractivity contribution in [2.45, 2.75) is 33.1 Å². The predicted octanol–water partition coefficient (Wildman–Crippen LogP) is 3.40. The standard InChI is InChI=1S/C28H30N6O2/c1-4-7-9-12-20(11-6-3)26(35)28(36)34-22(13-10-8-5-2)15-17-25(31)23-18-21(14-16-24(23)30)27(32)33-19-29/h2,4,7,10,12-16,18-19,31H,8-9,17,30H2,1,3H3,(H,34,36)(H3,29,32,33)/b7-4-,13-10-,20-12+,22-15+,31-25?. The molecule has 8 heteroatoms. The van der Waals surface area contributed by atoms with Gasteiger partial charge in [0.25, 0.3) is 11.7 Å². The Labute approximate surface area is 212 Å². The third-order valence-electron chi connectivity index (χ3n) is 4.60. The normalized spacial score (nSPS) is 12.1. The number of terminal acetylenes is 1. The first-order chi connectivity index (χ1) is 17.3. The number of carbonyl (C=O) groups excluding carboxylic acids is 2. The molecule has 0 spiro atoms. The maximum Gasteiger partial charge on any atom is 0.297 e. The highest BCUT2D eigenvalue weighted by Crippen LogP contribution is 2.17. The van der Waals surface area contributed by atoms with Crippen LogP contribution in [-0.4, -0.2) is 29.6 Å². The van der Waals surface area contributed by atoms with E-state index in [0.29, 0.717) is 35.4 Å². The minimum absolute atomic E-state index is 0.0816. The number of amidine groups is 1. The Hall–Kier alpha value is -4.95. The fourth-order valence-electron chi connectivity index (χ4n) is 2.82. The van der Waals surface area contributed by atoms with Crippen LogP contribution in [-0.2, 0) is 9.59 Å². The number of hydrogen-bond acceptors (Lipinski definition) is 5. The molecule has 1 aromatic carbocycles. The summed E-state index contributed by atoms with van der Waals surface area (Å²) in [7, 11) is 0. The summed E-state index contributed by atoms with van der Waals surface area (Å²) in [4.78, 5) is 29.1. The maximum absolute atomic E-state index is 12.7. The van der Waals surface area contributed by atoms with Crippen LogP contribution in [0.3, 0.4) is 0 Å². The molecule has 7 N–H and O–H groups in total. The van der Waals surface area contributed by atoms with Crippen LogP contribution in [0.1, 0.15) is 44.2 Å². The van der Waals surface area contributed by atoms with Crippen molar-refractivity contribution in [2.24, 2.45) is 10.7 Å². The molecule has 0 heterocycles. The van der Waals surface area contributed by atoms with Crippen LogP contribution >= 0.6 is 0 Å². The molecule has 184 valence electrons. The van der Waals surface area contributed by atoms with Crippen LogP contribution in [0.2, 0.25) is 0 Å². The zero-order valence-corrected chi connectivity index (χ0v) is 20.4. The number of nitrogens with one attached hydrogen (secondary N) is 3. The molecule has 36 heavy (non-hydrogen) atoms. The van der Waals surface area contributed by atoms with Crippen molar-refractivity contribution in [1.82, 2.24) is 5.32 Å². The van der Waals surface area contributed by atoms with Gasteiger partial charge in [-0.2, -0.15) is 0 Å². The fraction of sp³-hybridized carbons (Fsp3) is 0.179. The number of Topliss-reactive ketones (excluding diaryl/α,β-unsaturated/α-hetero) is 1. The van der Waals surface area contributed by atoms with Gasteiger partial charge in [0.05, 0.1) is 5.57 Å². The summed E-state index contributed by atoms with van der Waals surface area (Å²) in [5.74, 6) is 6.27. The number of hydrogen-bond donors (Lipinski definition) is 5. The molecule has 0 aliphatic heterocycles. The lowest BCUT2D eigenvalue weighted by atomic mass is 10.0. The van der Waals surface area contributed by atoms with Crippen molar-refractivity contribution < 1.29 is 9.59 Å². The van der Waals surface area contributed by atoms with E-state index in [1.807, 2.05) is 19.1 Å². The van der Waals surface area contributed by atoms with Crippen molar-refractivity contribution >= 4 is 35.3 Å². The van der Waals surface area contributed by atoms with E-state index in [1.54, 1.807) is 49.4 Å². The topological polar surface area (TPSA) is 158 Å². The molecule has 1 rings (SSSR count). The first-order valence-electron chi connectivity index (χ1n) is 11.0. The van der Waals surface area contributed by atoms with Gasteiger partial charge in [0, 0.05) is 41.1 Å². The van der Waals surface area contributed by atoms with E-state index in [0.717, 1.165) is 6.34 Å². The lowest BCUT2D eigenvalue weighted by Crippen LogP contribution is -2.31. The molecule has 1 aromatic rings. The summed E-state index contributed by atoms with van der Waals surface area (Å²) in [6.07, 6.45) is 17.1. The summed E-state index contributed by atoms with van der Waals surface area (Å²) in [6.45, 7) is 3.44. The smallest absolute Gasteiger partial charge is 0.297 e. The first-order valence-corrected chi connectivity index (χ1v) is 11.0. The van der Waals surface area contributed by atoms with Gasteiger partial charge < -0.3 is 22.2 Å². The summed E-state index contributed by atoms with van der Waals surface area (Å²) < 4.78 is 0. The lowest BCUT2D eigenvalue weighted by molar-refractivity contribution is -0.135. The molecular weight excluding hydrogens is 452 g/mol. The van der Waals surface area contributed by atoms with E-state index >= 15 is 0 Å². The summed E-state index contributed by atoms with van der Waals surface area (Å²) in [5, 5.41) is 18.1. The molecule has 0 saturated heterocycles. The van der Waals surface area contributed by atoms with Crippen LogP contribution in [0.25, 0.3) is 0 Å². The number of anilines is 1. The average Bonchev–Trinajstić information content (AvgIpc) is 2.86. The number of aliphatic imine (C=N–C) groups is 1. The molecule has 0 radical (unpaired) electrons. The average molecular weight is 483 g/mol. The second-order valence-electron chi connectivity index (χ2n) is 7.18. The van der Waals surface area contributed by atoms with E-state index in [1.165, 1.54) is 0 Å². The molecule has 0 unspecified atom stereocenters. The Bertz CT molecular complexity index is 1260. The molecule has 8 nitrogen and oxygen atoms in total. The molecule has 0 aromatic heterocycles. The second-order valence-corrected chi connectivity index (χ2v) is 7.18. The fourth-order valence-corrected chi connectivity index (χ4v) is 2.82. The van der Waals surface area contributed by atoms with Gasteiger partial charge in [-0.1, -0.05) is 36.3 Å². The SMILES string of the molecule is C#CC/C=C\C(=C/CC(=N)c1cc(C(N)=NC=N)ccc1N)NC(=O)C(=O)/C(C#CC)=C/C/C=C\C. The largest absolute Gasteiger partial charge is 0.398 e. The van der Waals surface area contributed by atoms with Crippen LogP contribution in [0.4, 0.5) is 5.69 Å². The number of carbonyl (C=O) groups is 2. The summed E-state index contributed by atoms with van der Waals surface area (Å²) in [5.41, 5.74) is 13.7. The van der Waals surface area contributed by atoms with Crippen molar-refractivity contribution in [2.75, 3.05) is 5.73 Å². The van der Waals surface area contributed by atoms with Crippen molar-refractivity contribution in [1.29, 1.82) is 10.8 Å². The Balaban J connectivity index is 3.19. The van der Waals surface area contributed by atoms with Gasteiger partial charge in [-0.3, -0.25) is 15.0 Å². The maximum atomic E-state index is 12.7. The highest BCUT2D eigenvalue weighted by atomic mass is 16.2. The van der Waals surface area contributed by atoms with Gasteiger partial charge in [-0.25, -0.2) is 4.99 Å². The molecule has 0 saturated carbocycles. The summed E-state index contributed by atoms with van der Waals surface area (Å²) >= 11 is 0. The van der Waals surface area contributed by atoms with Gasteiger partial charge in [0.15, 0.2) is 0 Å². The molecule has 0 aliphatic rings. The van der Waals surface area contributed by atoms with E-state index in [9.17, 15) is 9.59 Å². The lowest BCUT2D eigenvalue weighted by Gasteiger charge is -2.10. The highest BCUT2D eigenvalue weighted by Gasteiger charge is 2.18. The number of rotatable bonds is 12. The second kappa shape index (κ2) is 15.8. The number of allylic oxidation sites excluding steroid dienone is 6. The molecule has 0 atom stereocenters. The number of benzene rings is 1. The zero-order chi connectivity index (χ0) is 26.9. The van der Waals surface area contributed by atoms with Crippen LogP contribution in [0.5, 0.6) is 0 Å². The first kappa shape index (κ1) is 29.1. The van der Waals surface area contributed by atoms with Crippen molar-refractivity contribution in [3.63, 3.8) is 0 Å². The number of nitrogens with zero attached hydrogens (tertiary/aromatic N) is 1. The molecule has 0 aliphatic carbocycles. The van der Waals surface area contributed by atoms with Gasteiger partial charge in [-0.15, -0.1) is 18.3 Å². The van der Waals surface area contributed by atoms with Gasteiger partial charge in [0.2, 0.25) is 0 Å². The van der Waals surface area contributed by atoms with Crippen LogP contribution < -0.4 is 16.8 Å². The third kappa shape index (κ3) is 9.50. The molecule has 0 bridgehead atoms. The predicted molar refractivity (Wildman–Crippen MR) is 147 cm³/mol. The Kier molecular flexibility index (Phi) is 12.8. The zero-order valence-electron chi connectivity index (χ0n) is 20.4. The number of nitrogens with two attached hydrogens (primary N) is 2. The van der Waals surface area contributed by atoms with Crippen LogP contribution in [0.15, 0.2) is 70.9 Å². The van der Waals surface area contributed by atoms with E-state index in [4.69, 9.17) is 28.7 Å². The highest BCUT2D eigenvalue weighted by molar-refractivity contribution is 6.44. The minimum Gasteiger partial charge on any atom is -0.398 e. The summed E-state index contributed by atoms with van der Waals surface area (Å²) in [6, 6.07) is 4.85. The molecule has 0 fully saturated rings. The molecule has 1 amide bonds. The van der Waals surface area contributed by atoms with Gasteiger partial charge >= 0.3 is 0 Å². The van der Waals surface area contributed by atoms with Crippen molar-refractivity contribution in [3.8, 4) is 24.2 Å². The Morgan fingerprint density at radius 2 is 2.00 bits per heavy atom. The number of ketones is 1. The molecular formula is C28H30N6O2. The third-order valence-corrected chi connectivity index (χ3v) is 4.60. The van der Waals surface area contributed by atoms with Gasteiger partial charge in [0.1, 0.15) is 12.2 Å². The van der Waals surface area contributed by atoms with E-state index < -0.39 is 11.7 Å². The minimum atomic E-state index is -0.857. The van der Waals surface area contributed by atoms with E-state index in [2.05, 4.69) is 28.1 Å². The van der Waals surface area contributed by atoms with E-state index in [-0.39, 0.29) is 23.5 Å². The van der Waals surface area contributed by atoms with Gasteiger partial charge in [-0.05, 0) is 44.5 Å². The Morgan fingerprint density at radius 1 is 1.25 bits per heavy atom.